The predicted octanol–water partition coefficient (Wildman–Crippen LogP) is 2.41. The fourth-order valence-corrected chi connectivity index (χ4v) is 3.83. The maximum Gasteiger partial charge on any atom is 0.391 e. The maximum atomic E-state index is 12.7. The molecule has 1 aromatic carbocycles. The van der Waals surface area contributed by atoms with Crippen molar-refractivity contribution >= 4 is 23.5 Å². The highest BCUT2D eigenvalue weighted by Gasteiger charge is 2.44. The van der Waals surface area contributed by atoms with E-state index in [0.717, 1.165) is 0 Å². The van der Waals surface area contributed by atoms with E-state index in [1.807, 2.05) is 0 Å². The molecule has 2 aliphatic rings. The summed E-state index contributed by atoms with van der Waals surface area (Å²) < 4.78 is 38.2. The SMILES string of the molecule is CC1(c2ccc(NC(=O)C(O)C3CCC(C(F)(F)F)CC3)cc2)NC(=O)NC1=O. The Kier molecular flexibility index (Phi) is 5.57. The maximum absolute atomic E-state index is 12.7. The number of anilines is 1. The lowest BCUT2D eigenvalue weighted by Gasteiger charge is -2.31. The third-order valence-corrected chi connectivity index (χ3v) is 5.72. The molecule has 0 spiro atoms. The summed E-state index contributed by atoms with van der Waals surface area (Å²) in [7, 11) is 0. The highest BCUT2D eigenvalue weighted by atomic mass is 19.4. The summed E-state index contributed by atoms with van der Waals surface area (Å²) >= 11 is 0. The number of aliphatic hydroxyl groups excluding tert-OH is 1. The van der Waals surface area contributed by atoms with Gasteiger partial charge >= 0.3 is 12.2 Å². The smallest absolute Gasteiger partial charge is 0.383 e. The number of carbonyl (C=O) groups is 3. The number of alkyl halides is 3. The minimum absolute atomic E-state index is 0.0976. The van der Waals surface area contributed by atoms with Gasteiger partial charge in [0.05, 0.1) is 5.92 Å². The van der Waals surface area contributed by atoms with Gasteiger partial charge in [-0.15, -0.1) is 0 Å². The molecule has 2 unspecified atom stereocenters. The first-order chi connectivity index (χ1) is 13.5. The third kappa shape index (κ3) is 4.36. The van der Waals surface area contributed by atoms with E-state index in [-0.39, 0.29) is 25.7 Å². The van der Waals surface area contributed by atoms with E-state index in [2.05, 4.69) is 16.0 Å². The molecule has 158 valence electrons. The molecule has 4 amide bonds. The summed E-state index contributed by atoms with van der Waals surface area (Å²) in [5.41, 5.74) is -0.365. The second-order valence-electron chi connectivity index (χ2n) is 7.70. The molecule has 0 radical (unpaired) electrons. The van der Waals surface area contributed by atoms with Crippen LogP contribution in [0.25, 0.3) is 0 Å². The number of urea groups is 1. The second kappa shape index (κ2) is 7.66. The lowest BCUT2D eigenvalue weighted by molar-refractivity contribution is -0.185. The van der Waals surface area contributed by atoms with E-state index in [0.29, 0.717) is 11.3 Å². The van der Waals surface area contributed by atoms with E-state index in [4.69, 9.17) is 0 Å². The van der Waals surface area contributed by atoms with Gasteiger partial charge in [0.25, 0.3) is 11.8 Å². The molecule has 4 N–H and O–H groups in total. The molecule has 0 bridgehead atoms. The molecule has 1 aliphatic carbocycles. The van der Waals surface area contributed by atoms with Crippen molar-refractivity contribution in [1.82, 2.24) is 10.6 Å². The summed E-state index contributed by atoms with van der Waals surface area (Å²) in [5.74, 6) is -3.09. The molecule has 10 heteroatoms. The van der Waals surface area contributed by atoms with E-state index >= 15 is 0 Å². The van der Waals surface area contributed by atoms with E-state index < -0.39 is 47.5 Å². The number of carbonyl (C=O) groups excluding carboxylic acids is 3. The Morgan fingerprint density at radius 1 is 1.17 bits per heavy atom. The fourth-order valence-electron chi connectivity index (χ4n) is 3.83. The number of nitrogens with one attached hydrogen (secondary N) is 3. The lowest BCUT2D eigenvalue weighted by Crippen LogP contribution is -2.40. The number of aliphatic hydroxyl groups is 1. The first-order valence-corrected chi connectivity index (χ1v) is 9.30. The van der Waals surface area contributed by atoms with Crippen molar-refractivity contribution < 1.29 is 32.7 Å². The third-order valence-electron chi connectivity index (χ3n) is 5.72. The van der Waals surface area contributed by atoms with Crippen LogP contribution >= 0.6 is 0 Å². The zero-order valence-electron chi connectivity index (χ0n) is 15.7. The van der Waals surface area contributed by atoms with Gasteiger partial charge in [0.2, 0.25) is 0 Å². The van der Waals surface area contributed by atoms with Gasteiger partial charge in [0, 0.05) is 5.69 Å². The number of halogens is 3. The second-order valence-corrected chi connectivity index (χ2v) is 7.70. The van der Waals surface area contributed by atoms with E-state index in [9.17, 15) is 32.7 Å². The molecule has 7 nitrogen and oxygen atoms in total. The number of hydrogen-bond acceptors (Lipinski definition) is 4. The monoisotopic (exact) mass is 413 g/mol. The van der Waals surface area contributed by atoms with Crippen LogP contribution in [-0.2, 0) is 15.1 Å². The Bertz CT molecular complexity index is 804. The van der Waals surface area contributed by atoms with Gasteiger partial charge in [-0.25, -0.2) is 4.79 Å². The fraction of sp³-hybridized carbons (Fsp3) is 0.526. The predicted molar refractivity (Wildman–Crippen MR) is 96.6 cm³/mol. The molecule has 1 aliphatic heterocycles. The van der Waals surface area contributed by atoms with Gasteiger partial charge in [0.15, 0.2) is 0 Å². The van der Waals surface area contributed by atoms with Crippen LogP contribution in [0.5, 0.6) is 0 Å². The van der Waals surface area contributed by atoms with Crippen LogP contribution in [0.1, 0.15) is 38.2 Å². The average molecular weight is 413 g/mol. The summed E-state index contributed by atoms with van der Waals surface area (Å²) in [4.78, 5) is 35.6. The van der Waals surface area contributed by atoms with Crippen molar-refractivity contribution in [2.45, 2.75) is 50.4 Å². The summed E-state index contributed by atoms with van der Waals surface area (Å²) in [6.07, 6.45) is -5.58. The van der Waals surface area contributed by atoms with Crippen LogP contribution in [0, 0.1) is 11.8 Å². The number of imide groups is 1. The number of benzene rings is 1. The van der Waals surface area contributed by atoms with Crippen molar-refractivity contribution in [3.8, 4) is 0 Å². The molecule has 29 heavy (non-hydrogen) atoms. The van der Waals surface area contributed by atoms with Gasteiger partial charge in [-0.1, -0.05) is 12.1 Å². The number of hydrogen-bond donors (Lipinski definition) is 4. The molecule has 1 aromatic rings. The quantitative estimate of drug-likeness (QED) is 0.569. The summed E-state index contributed by atoms with van der Waals surface area (Å²) in [5, 5.41) is 17.4. The minimum atomic E-state index is -4.24. The van der Waals surface area contributed by atoms with Crippen LogP contribution < -0.4 is 16.0 Å². The zero-order chi connectivity index (χ0) is 21.4. The standard InChI is InChI=1S/C19H22F3N3O4/c1-18(16(28)24-17(29)25-18)11-6-8-13(9-7-11)23-15(27)14(26)10-2-4-12(5-3-10)19(20,21)22/h6-10,12,14,26H,2-5H2,1H3,(H,23,27)(H2,24,25,28,29). The molecule has 1 saturated heterocycles. The van der Waals surface area contributed by atoms with Crippen LogP contribution in [0.4, 0.5) is 23.7 Å². The Balaban J connectivity index is 1.58. The van der Waals surface area contributed by atoms with E-state index in [1.54, 1.807) is 19.1 Å². The van der Waals surface area contributed by atoms with Gasteiger partial charge in [-0.3, -0.25) is 14.9 Å². The minimum Gasteiger partial charge on any atom is -0.383 e. The largest absolute Gasteiger partial charge is 0.391 e. The first kappa shape index (κ1) is 21.1. The summed E-state index contributed by atoms with van der Waals surface area (Å²) in [6.45, 7) is 1.54. The van der Waals surface area contributed by atoms with Crippen LogP contribution in [0.2, 0.25) is 0 Å². The van der Waals surface area contributed by atoms with Crippen LogP contribution in [-0.4, -0.2) is 35.2 Å². The van der Waals surface area contributed by atoms with Crippen molar-refractivity contribution in [2.24, 2.45) is 11.8 Å². The van der Waals surface area contributed by atoms with Gasteiger partial charge in [-0.05, 0) is 56.2 Å². The molecule has 0 aromatic heterocycles. The highest BCUT2D eigenvalue weighted by molar-refractivity contribution is 6.07. The van der Waals surface area contributed by atoms with Crippen LogP contribution in [0.15, 0.2) is 24.3 Å². The molecule has 1 heterocycles. The average Bonchev–Trinajstić information content (AvgIpc) is 2.93. The van der Waals surface area contributed by atoms with Crippen molar-refractivity contribution in [3.63, 3.8) is 0 Å². The number of rotatable bonds is 4. The van der Waals surface area contributed by atoms with Gasteiger partial charge in [0.1, 0.15) is 11.6 Å². The normalized spacial score (nSPS) is 28.4. The van der Waals surface area contributed by atoms with Crippen LogP contribution in [0.3, 0.4) is 0 Å². The Labute approximate surface area is 165 Å². The highest BCUT2D eigenvalue weighted by Crippen LogP contribution is 2.40. The summed E-state index contributed by atoms with van der Waals surface area (Å²) in [6, 6.07) is 5.55. The van der Waals surface area contributed by atoms with Crippen molar-refractivity contribution in [1.29, 1.82) is 0 Å². The molecular formula is C19H22F3N3O4. The Morgan fingerprint density at radius 2 is 1.76 bits per heavy atom. The molecule has 1 saturated carbocycles. The van der Waals surface area contributed by atoms with Gasteiger partial charge in [-0.2, -0.15) is 13.2 Å². The number of amides is 4. The van der Waals surface area contributed by atoms with Gasteiger partial charge < -0.3 is 15.7 Å². The Morgan fingerprint density at radius 3 is 2.24 bits per heavy atom. The van der Waals surface area contributed by atoms with Crippen molar-refractivity contribution in [2.75, 3.05) is 5.32 Å². The molecule has 3 rings (SSSR count). The zero-order valence-corrected chi connectivity index (χ0v) is 15.7. The molecule has 2 atom stereocenters. The van der Waals surface area contributed by atoms with Crippen molar-refractivity contribution in [3.05, 3.63) is 29.8 Å². The topological polar surface area (TPSA) is 108 Å². The Hall–Kier alpha value is -2.62. The van der Waals surface area contributed by atoms with E-state index in [1.165, 1.54) is 12.1 Å². The molecule has 2 fully saturated rings. The lowest BCUT2D eigenvalue weighted by atomic mass is 9.79. The molecular weight excluding hydrogens is 391 g/mol. The first-order valence-electron chi connectivity index (χ1n) is 9.30.